The second-order valence-corrected chi connectivity index (χ2v) is 23.5. The average molecular weight is 1720 g/mol. The van der Waals surface area contributed by atoms with E-state index in [1.165, 1.54) is 122 Å². The molecule has 0 aliphatic heterocycles. The number of alkyl halides is 2. The molecule has 642 valence electrons. The van der Waals surface area contributed by atoms with Crippen LogP contribution in [0.25, 0.3) is 33.1 Å². The van der Waals surface area contributed by atoms with Crippen LogP contribution in [0.4, 0.5) is 64.9 Å². The Balaban J connectivity index is 0.000000683. The van der Waals surface area contributed by atoms with Crippen LogP contribution in [0.15, 0.2) is 179 Å². The Morgan fingerprint density at radius 2 is 0.858 bits per heavy atom. The molecule has 0 spiro atoms. The normalized spacial score (nSPS) is 9.70. The van der Waals surface area contributed by atoms with Gasteiger partial charge in [-0.2, -0.15) is 9.65 Å². The summed E-state index contributed by atoms with van der Waals surface area (Å²) >= 11 is 10.4. The number of fused-ring (bicyclic) bond motifs is 3. The number of nitrogens with zero attached hydrogens (tertiary/aromatic N) is 13. The zero-order chi connectivity index (χ0) is 91.2. The number of nitrogens with two attached hydrogens (primary N) is 3. The number of carbonyl (C=O) groups excluding carboxylic acids is 2. The summed E-state index contributed by atoms with van der Waals surface area (Å²) < 4.78 is 106. The molecule has 43 heteroatoms. The predicted molar refractivity (Wildman–Crippen MR) is 436 cm³/mol. The number of halogens is 9. The fourth-order valence-electron chi connectivity index (χ4n) is 9.33. The fourth-order valence-corrected chi connectivity index (χ4v) is 9.56. The second kappa shape index (κ2) is 53.8. The maximum absolute atomic E-state index is 13.2. The van der Waals surface area contributed by atoms with Gasteiger partial charge < -0.3 is 59.6 Å². The minimum atomic E-state index is -1.03. The van der Waals surface area contributed by atoms with E-state index in [9.17, 15) is 100.0 Å². The number of hydrogen-bond donors (Lipinski definition) is 5. The largest absolute Gasteiger partial charge is 0.480 e. The number of nitro groups is 4. The number of hydrogen-bond acceptors (Lipinski definition) is 23. The monoisotopic (exact) mass is 1720 g/mol. The van der Waals surface area contributed by atoms with E-state index in [2.05, 4.69) is 35.1 Å². The number of ether oxygens (including phenoxy) is 2. The number of aliphatic carboxylic acids is 1. The number of anilines is 2. The smallest absolute Gasteiger partial charge is 0.334 e. The van der Waals surface area contributed by atoms with Crippen LogP contribution < -0.4 is 33.9 Å². The van der Waals surface area contributed by atoms with Gasteiger partial charge in [0.05, 0.1) is 109 Å². The first kappa shape index (κ1) is 104. The van der Waals surface area contributed by atoms with Crippen LogP contribution >= 0.6 is 23.2 Å². The number of rotatable bonds is 14. The van der Waals surface area contributed by atoms with Crippen molar-refractivity contribution < 1.29 is 79.4 Å². The van der Waals surface area contributed by atoms with Crippen LogP contribution in [-0.4, -0.2) is 112 Å². The Morgan fingerprint density at radius 1 is 0.508 bits per heavy atom. The number of aromatic amines is 1. The Kier molecular flexibility index (Phi) is 46.5. The van der Waals surface area contributed by atoms with E-state index < -0.39 is 77.1 Å². The number of carboxylic acids is 1. The van der Waals surface area contributed by atoms with Gasteiger partial charge in [0.1, 0.15) is 58.3 Å². The number of imidazole rings is 3. The summed E-state index contributed by atoms with van der Waals surface area (Å²) in [6.45, 7) is 12.9. The second-order valence-electron chi connectivity index (χ2n) is 22.9. The highest BCUT2D eigenvalue weighted by atomic mass is 35.5. The number of aromatic nitrogens is 9. The Bertz CT molecular complexity index is 5650. The molecule has 120 heavy (non-hydrogen) atoms. The first-order chi connectivity index (χ1) is 56.7. The molecule has 6 aromatic heterocycles. The number of H-pyrrole nitrogens is 1. The van der Waals surface area contributed by atoms with Crippen molar-refractivity contribution in [3.8, 4) is 6.07 Å². The predicted octanol–water partition coefficient (Wildman–Crippen LogP) is 13.8. The van der Waals surface area contributed by atoms with Crippen molar-refractivity contribution in [3.05, 3.63) is 305 Å². The lowest BCUT2D eigenvalue weighted by molar-refractivity contribution is -0.387. The number of nitriles is 1. The molecule has 0 aliphatic rings. The summed E-state index contributed by atoms with van der Waals surface area (Å²) in [5.41, 5.74) is 18.5. The summed E-state index contributed by atoms with van der Waals surface area (Å²) in [6.07, 6.45) is 5.84. The van der Waals surface area contributed by atoms with Crippen LogP contribution in [0.1, 0.15) is 77.1 Å². The number of nitrogens with one attached hydrogen (secondary N) is 1. The highest BCUT2D eigenvalue weighted by Crippen LogP contribution is 2.23. The van der Waals surface area contributed by atoms with E-state index in [1.54, 1.807) is 81.1 Å². The Hall–Kier alpha value is -14.3. The molecule has 0 saturated carbocycles. The Morgan fingerprint density at radius 3 is 1.21 bits per heavy atom. The molecule has 0 radical (unpaired) electrons. The van der Waals surface area contributed by atoms with Crippen molar-refractivity contribution in [3.63, 3.8) is 0 Å². The van der Waals surface area contributed by atoms with Crippen LogP contribution in [0.5, 0.6) is 0 Å². The number of benzene rings is 6. The highest BCUT2D eigenvalue weighted by molar-refractivity contribution is 6.26. The van der Waals surface area contributed by atoms with E-state index in [1.807, 2.05) is 30.2 Å². The van der Waals surface area contributed by atoms with Crippen molar-refractivity contribution in [1.82, 2.24) is 42.8 Å². The maximum Gasteiger partial charge on any atom is 0.334 e. The van der Waals surface area contributed by atoms with Crippen molar-refractivity contribution in [2.45, 2.75) is 80.3 Å². The van der Waals surface area contributed by atoms with Gasteiger partial charge in [-0.3, -0.25) is 69.2 Å². The highest BCUT2D eigenvalue weighted by Gasteiger charge is 2.19. The van der Waals surface area contributed by atoms with E-state index in [0.29, 0.717) is 77.1 Å². The molecule has 8 N–H and O–H groups in total. The lowest BCUT2D eigenvalue weighted by Gasteiger charge is -2.06. The van der Waals surface area contributed by atoms with Gasteiger partial charge in [-0.05, 0) is 136 Å². The molecule has 6 heterocycles. The third-order valence-electron chi connectivity index (χ3n) is 14.8. The number of nitrogen functional groups attached to an aromatic ring is 2. The number of carbonyl (C=O) groups is 3. The van der Waals surface area contributed by atoms with Gasteiger partial charge in [-0.15, -0.1) is 23.2 Å². The number of esters is 2. The van der Waals surface area contributed by atoms with E-state index in [4.69, 9.17) is 45.0 Å². The van der Waals surface area contributed by atoms with Crippen molar-refractivity contribution in [2.24, 2.45) is 26.9 Å². The molecule has 34 nitrogen and oxygen atoms in total. The van der Waals surface area contributed by atoms with E-state index in [-0.39, 0.29) is 65.3 Å². The van der Waals surface area contributed by atoms with E-state index >= 15 is 0 Å². The van der Waals surface area contributed by atoms with Gasteiger partial charge >= 0.3 is 46.1 Å². The number of pyridine rings is 3. The summed E-state index contributed by atoms with van der Waals surface area (Å²) in [6, 6.07) is 33.5. The molecule has 0 amide bonds. The molecule has 6 aromatic carbocycles. The fraction of sp³-hybridized carbons (Fsp3) is 0.247. The third-order valence-corrected chi connectivity index (χ3v) is 15.3. The molecule has 0 saturated heterocycles. The lowest BCUT2D eigenvalue weighted by Crippen LogP contribution is -2.23. The van der Waals surface area contributed by atoms with Crippen LogP contribution in [-0.2, 0) is 76.8 Å². The van der Waals surface area contributed by atoms with Crippen LogP contribution in [0, 0.1) is 92.5 Å². The minimum absolute atomic E-state index is 0.0628. The minimum Gasteiger partial charge on any atom is -0.480 e. The topological polar surface area (TPSA) is 495 Å². The maximum atomic E-state index is 13.2. The lowest BCUT2D eigenvalue weighted by atomic mass is 10.1. The number of carboxylic acid groups (broad SMARTS) is 1. The SMILES string of the molecule is CC#N.CCOC(C)=O.CCOC(C)=O.CCc1ccc(F)cc1N.CCc1ccc(F)cc1[N+](=O)[O-].CN.Cn1c(CCl)nc2cc(F)ccc21.Cn1c(Cn2cccc(N)c2=O)nc2cc(F)ccc21.Cn1c(Cn2cccc([N+](=O)[O-])c2=O)nc2cc(F)ccc21.O=C(O)CCl.O=[N+]([O-])c1cc(F)ccc1F.O=c1[nH]cccc1[N+](=O)[O-]. The van der Waals surface area contributed by atoms with Gasteiger partial charge in [-0.1, -0.05) is 19.9 Å². The summed E-state index contributed by atoms with van der Waals surface area (Å²) in [5, 5.41) is 56.1. The van der Waals surface area contributed by atoms with Crippen molar-refractivity contribution in [2.75, 3.05) is 37.6 Å². The van der Waals surface area contributed by atoms with Gasteiger partial charge in [0.25, 0.3) is 11.2 Å². The molecule has 12 aromatic rings. The third kappa shape index (κ3) is 35.0. The van der Waals surface area contributed by atoms with Crippen LogP contribution in [0.3, 0.4) is 0 Å². The molecule has 0 atom stereocenters. The van der Waals surface area contributed by atoms with Crippen LogP contribution in [0.2, 0.25) is 0 Å². The number of nitro benzene ring substituents is 2. The molecule has 12 rings (SSSR count). The zero-order valence-electron chi connectivity index (χ0n) is 66.2. The van der Waals surface area contributed by atoms with Gasteiger partial charge in [0.15, 0.2) is 0 Å². The van der Waals surface area contributed by atoms with Crippen molar-refractivity contribution >= 4 is 108 Å². The molecule has 0 aliphatic carbocycles. The standard InChI is InChI=1S/C14H11FN4O3.C14H13FN4O.C9H8ClFN2.C8H8FNO2.C8H10FN.C6H3F2NO2.C5H4N2O3.2C4H8O2.C2H3ClO2.C2H3N.CH5N/c1-17-11-5-4-9(15)7-10(11)16-13(17)8-18-6-2-3-12(14(18)20)19(21)22;1-18-12-5-4-9(15)7-11(12)17-13(18)8-19-6-2-3-10(16)14(19)20;1-13-8-3-2-6(11)4-7(8)12-9(13)5-10;1-2-6-3-4-7(9)5-8(6)10(11)12;1-2-6-3-4-7(9)5-8(6)10;7-4-1-2-5(8)6(3-4)9(10)11;8-5-4(7(9)10)2-1-3-6-5;2*1-3-6-4(2)5;3-1-2(4)5;1-2-3;1-2/h2-7H,8H2,1H3;2-7H,8,16H2,1H3;2-4H,5H2,1H3;3-5H,2H2,1H3;3-5H,2,10H2,1H3;1-3H;1-3H,(H,6,8);2*3H2,1-2H3;1H2,(H,4,5);1H3;2H2,1H3. The quantitative estimate of drug-likeness (QED) is 0.0169. The average Bonchev–Trinajstić information content (AvgIpc) is 1.66. The van der Waals surface area contributed by atoms with Crippen molar-refractivity contribution in [1.29, 1.82) is 5.26 Å². The number of aryl methyl sites for hydroxylation is 5. The molecule has 0 unspecified atom stereocenters. The first-order valence-electron chi connectivity index (χ1n) is 34.7. The molecular formula is C77H84Cl2F7N17O17. The molecule has 0 bridgehead atoms. The van der Waals surface area contributed by atoms with E-state index in [0.717, 1.165) is 58.6 Å². The van der Waals surface area contributed by atoms with Gasteiger partial charge in [0, 0.05) is 102 Å². The molecule has 0 fully saturated rings. The Labute approximate surface area is 688 Å². The van der Waals surface area contributed by atoms with Gasteiger partial charge in [0.2, 0.25) is 5.82 Å². The summed E-state index contributed by atoms with van der Waals surface area (Å²) in [5.74, 6) is -3.14. The first-order valence-corrected chi connectivity index (χ1v) is 35.7. The summed E-state index contributed by atoms with van der Waals surface area (Å²) in [4.78, 5) is 117. The summed E-state index contributed by atoms with van der Waals surface area (Å²) in [7, 11) is 6.94. The van der Waals surface area contributed by atoms with Gasteiger partial charge in [-0.25, -0.2) is 41.3 Å². The molecular weight excluding hydrogens is 1640 g/mol. The zero-order valence-corrected chi connectivity index (χ0v) is 67.7.